The average molecular weight is 453 g/mol. The van der Waals surface area contributed by atoms with Gasteiger partial charge >= 0.3 is 12.1 Å². The molecule has 0 unspecified atom stereocenters. The quantitative estimate of drug-likeness (QED) is 0.638. The number of ether oxygens (including phenoxy) is 2. The summed E-state index contributed by atoms with van der Waals surface area (Å²) in [6, 6.07) is 15.6. The molecule has 2 aromatic carbocycles. The van der Waals surface area contributed by atoms with E-state index in [9.17, 15) is 14.4 Å². The molecule has 1 fully saturated rings. The predicted molar refractivity (Wildman–Crippen MR) is 121 cm³/mol. The van der Waals surface area contributed by atoms with E-state index in [1.807, 2.05) is 43.3 Å². The van der Waals surface area contributed by atoms with Crippen LogP contribution in [0.2, 0.25) is 0 Å². The summed E-state index contributed by atoms with van der Waals surface area (Å²) in [6.07, 6.45) is -0.467. The fourth-order valence-electron chi connectivity index (χ4n) is 4.65. The molecular weight excluding hydrogens is 424 g/mol. The zero-order valence-corrected chi connectivity index (χ0v) is 18.5. The van der Waals surface area contributed by atoms with E-state index in [2.05, 4.69) is 17.4 Å². The minimum atomic E-state index is -1.09. The molecule has 4 rings (SSSR count). The number of alkyl carbamates (subject to hydrolysis) is 1. The van der Waals surface area contributed by atoms with Gasteiger partial charge < -0.3 is 24.8 Å². The lowest BCUT2D eigenvalue weighted by molar-refractivity contribution is -0.149. The number of aliphatic carboxylic acids is 1. The number of benzene rings is 2. The van der Waals surface area contributed by atoms with Gasteiger partial charge in [0.15, 0.2) is 6.10 Å². The Morgan fingerprint density at radius 1 is 1.09 bits per heavy atom. The number of carboxylic acids is 1. The molecule has 2 atom stereocenters. The zero-order chi connectivity index (χ0) is 23.4. The molecule has 2 N–H and O–H groups in total. The predicted octanol–water partition coefficient (Wildman–Crippen LogP) is 3.01. The zero-order valence-electron chi connectivity index (χ0n) is 18.5. The third-order valence-electron chi connectivity index (χ3n) is 6.11. The third-order valence-corrected chi connectivity index (χ3v) is 6.11. The number of nitrogens with one attached hydrogen (secondary N) is 1. The van der Waals surface area contributed by atoms with Crippen LogP contribution in [0.4, 0.5) is 4.79 Å². The van der Waals surface area contributed by atoms with E-state index < -0.39 is 36.7 Å². The highest BCUT2D eigenvalue weighted by Crippen LogP contribution is 2.44. The fraction of sp³-hybridized carbons (Fsp3) is 0.400. The summed E-state index contributed by atoms with van der Waals surface area (Å²) in [4.78, 5) is 37.8. The number of hydrogen-bond donors (Lipinski definition) is 2. The van der Waals surface area contributed by atoms with Crippen LogP contribution >= 0.6 is 0 Å². The Bertz CT molecular complexity index is 994. The van der Waals surface area contributed by atoms with Crippen LogP contribution in [0.3, 0.4) is 0 Å². The number of carbonyl (C=O) groups is 3. The summed E-state index contributed by atoms with van der Waals surface area (Å²) in [5.41, 5.74) is 4.53. The van der Waals surface area contributed by atoms with Crippen LogP contribution in [0.15, 0.2) is 48.5 Å². The summed E-state index contributed by atoms with van der Waals surface area (Å²) in [6.45, 7) is 2.25. The van der Waals surface area contributed by atoms with Gasteiger partial charge in [0.1, 0.15) is 13.2 Å². The van der Waals surface area contributed by atoms with Crippen LogP contribution in [-0.2, 0) is 19.1 Å². The van der Waals surface area contributed by atoms with Crippen LogP contribution in [0.25, 0.3) is 11.1 Å². The average Bonchev–Trinajstić information content (AvgIpc) is 3.39. The first-order chi connectivity index (χ1) is 16.0. The summed E-state index contributed by atoms with van der Waals surface area (Å²) >= 11 is 0. The van der Waals surface area contributed by atoms with Crippen LogP contribution < -0.4 is 5.32 Å². The van der Waals surface area contributed by atoms with Crippen molar-refractivity contribution in [1.29, 1.82) is 0 Å². The molecule has 33 heavy (non-hydrogen) atoms. The van der Waals surface area contributed by atoms with Gasteiger partial charge in [0.2, 0.25) is 0 Å². The largest absolute Gasteiger partial charge is 0.480 e. The van der Waals surface area contributed by atoms with Crippen LogP contribution in [0.5, 0.6) is 0 Å². The molecular formula is C25H28N2O6. The second-order valence-corrected chi connectivity index (χ2v) is 8.31. The highest BCUT2D eigenvalue weighted by Gasteiger charge is 2.38. The van der Waals surface area contributed by atoms with E-state index in [0.29, 0.717) is 26.0 Å². The highest BCUT2D eigenvalue weighted by atomic mass is 16.6. The molecule has 0 spiro atoms. The Balaban J connectivity index is 1.39. The topological polar surface area (TPSA) is 105 Å². The Labute approximate surface area is 192 Å². The minimum Gasteiger partial charge on any atom is -0.480 e. The summed E-state index contributed by atoms with van der Waals surface area (Å²) < 4.78 is 11.1. The maximum absolute atomic E-state index is 12.8. The first-order valence-corrected chi connectivity index (χ1v) is 11.2. The number of nitrogens with zero attached hydrogens (tertiary/aromatic N) is 1. The minimum absolute atomic E-state index is 0.0592. The molecule has 2 aliphatic rings. The van der Waals surface area contributed by atoms with Crippen LogP contribution in [0.1, 0.15) is 36.8 Å². The molecule has 1 aliphatic heterocycles. The molecule has 0 radical (unpaired) electrons. The molecule has 0 bridgehead atoms. The van der Waals surface area contributed by atoms with E-state index >= 15 is 0 Å². The van der Waals surface area contributed by atoms with E-state index in [-0.39, 0.29) is 12.5 Å². The number of amides is 2. The van der Waals surface area contributed by atoms with Gasteiger partial charge in [-0.3, -0.25) is 9.59 Å². The number of rotatable bonds is 8. The van der Waals surface area contributed by atoms with Crippen LogP contribution in [-0.4, -0.2) is 66.4 Å². The van der Waals surface area contributed by atoms with Gasteiger partial charge in [-0.25, -0.2) is 4.79 Å². The molecule has 1 saturated heterocycles. The molecule has 174 valence electrons. The lowest BCUT2D eigenvalue weighted by Gasteiger charge is -2.26. The van der Waals surface area contributed by atoms with Gasteiger partial charge in [-0.2, -0.15) is 0 Å². The molecule has 2 amide bonds. The number of carbonyl (C=O) groups excluding carboxylic acids is 2. The summed E-state index contributed by atoms with van der Waals surface area (Å²) in [7, 11) is 0. The number of hydrogen-bond acceptors (Lipinski definition) is 5. The molecule has 2 aromatic rings. The van der Waals surface area contributed by atoms with Crippen molar-refractivity contribution >= 4 is 18.0 Å². The Morgan fingerprint density at radius 2 is 1.73 bits per heavy atom. The van der Waals surface area contributed by atoms with Crippen molar-refractivity contribution < 1.29 is 29.0 Å². The second-order valence-electron chi connectivity index (χ2n) is 8.31. The molecule has 1 heterocycles. The Morgan fingerprint density at radius 3 is 2.33 bits per heavy atom. The maximum atomic E-state index is 12.8. The van der Waals surface area contributed by atoms with E-state index in [1.165, 1.54) is 4.90 Å². The SMILES string of the molecule is CCCN(CC(=O)O)C(=O)[C@H]1OCC[C@H]1NC(=O)OCC1c2ccccc2-c2ccccc21. The van der Waals surface area contributed by atoms with Crippen molar-refractivity contribution in [1.82, 2.24) is 10.2 Å². The van der Waals surface area contributed by atoms with Gasteiger partial charge in [0.25, 0.3) is 5.91 Å². The smallest absolute Gasteiger partial charge is 0.407 e. The van der Waals surface area contributed by atoms with Gasteiger partial charge in [0, 0.05) is 19.1 Å². The Hall–Kier alpha value is -3.39. The number of carboxylic acid groups (broad SMARTS) is 1. The first kappa shape index (κ1) is 22.8. The first-order valence-electron chi connectivity index (χ1n) is 11.2. The Kier molecular flexibility index (Phi) is 6.93. The maximum Gasteiger partial charge on any atom is 0.407 e. The third kappa shape index (κ3) is 4.85. The molecule has 8 nitrogen and oxygen atoms in total. The molecule has 0 aromatic heterocycles. The highest BCUT2D eigenvalue weighted by molar-refractivity contribution is 5.86. The summed E-state index contributed by atoms with van der Waals surface area (Å²) in [5.74, 6) is -1.58. The van der Waals surface area contributed by atoms with Gasteiger partial charge in [-0.05, 0) is 35.1 Å². The van der Waals surface area contributed by atoms with E-state index in [1.54, 1.807) is 0 Å². The second kappa shape index (κ2) is 10.0. The van der Waals surface area contributed by atoms with Gasteiger partial charge in [-0.15, -0.1) is 0 Å². The van der Waals surface area contributed by atoms with E-state index in [4.69, 9.17) is 14.6 Å². The van der Waals surface area contributed by atoms with Crippen molar-refractivity contribution in [3.8, 4) is 11.1 Å². The van der Waals surface area contributed by atoms with Crippen molar-refractivity contribution in [2.24, 2.45) is 0 Å². The lowest BCUT2D eigenvalue weighted by Crippen LogP contribution is -2.51. The molecule has 1 aliphatic carbocycles. The number of fused-ring (bicyclic) bond motifs is 3. The van der Waals surface area contributed by atoms with Crippen LogP contribution in [0, 0.1) is 0 Å². The van der Waals surface area contributed by atoms with Crippen molar-refractivity contribution in [2.75, 3.05) is 26.3 Å². The summed E-state index contributed by atoms with van der Waals surface area (Å²) in [5, 5.41) is 11.9. The van der Waals surface area contributed by atoms with E-state index in [0.717, 1.165) is 22.3 Å². The standard InChI is InChI=1S/C25H28N2O6/c1-2-12-27(14-22(28)29)24(30)23-21(11-13-32-23)26-25(31)33-15-20-18-9-5-3-7-16(18)17-8-4-6-10-19(17)20/h3-10,20-21,23H,2,11-15H2,1H3,(H,26,31)(H,28,29)/t21-,23+/m1/s1. The van der Waals surface area contributed by atoms with Gasteiger partial charge in [0.05, 0.1) is 6.04 Å². The monoisotopic (exact) mass is 452 g/mol. The van der Waals surface area contributed by atoms with Crippen molar-refractivity contribution in [3.05, 3.63) is 59.7 Å². The fourth-order valence-corrected chi connectivity index (χ4v) is 4.65. The molecule has 8 heteroatoms. The normalized spacial score (nSPS) is 18.9. The van der Waals surface area contributed by atoms with Gasteiger partial charge in [-0.1, -0.05) is 55.5 Å². The molecule has 0 saturated carbocycles. The lowest BCUT2D eigenvalue weighted by atomic mass is 9.98. The van der Waals surface area contributed by atoms with Crippen molar-refractivity contribution in [3.63, 3.8) is 0 Å². The van der Waals surface area contributed by atoms with Crippen molar-refractivity contribution in [2.45, 2.75) is 37.8 Å².